The average Bonchev–Trinajstić information content (AvgIpc) is 2.64. The van der Waals surface area contributed by atoms with Gasteiger partial charge in [0.15, 0.2) is 0 Å². The third-order valence-electron chi connectivity index (χ3n) is 3.89. The molecule has 0 bridgehead atoms. The van der Waals surface area contributed by atoms with Gasteiger partial charge in [0.05, 0.1) is 18.7 Å². The lowest BCUT2D eigenvalue weighted by Gasteiger charge is -2.14. The second kappa shape index (κ2) is 7.04. The zero-order valence-electron chi connectivity index (χ0n) is 13.9. The minimum Gasteiger partial charge on any atom is -0.497 e. The van der Waals surface area contributed by atoms with Gasteiger partial charge in [0.25, 0.3) is 0 Å². The molecule has 0 saturated heterocycles. The number of ether oxygens (including phenoxy) is 1. The predicted molar refractivity (Wildman–Crippen MR) is 95.9 cm³/mol. The lowest BCUT2D eigenvalue weighted by atomic mass is 10.1. The second-order valence-electron chi connectivity index (χ2n) is 5.54. The van der Waals surface area contributed by atoms with E-state index < -0.39 is 6.03 Å². The average molecular weight is 338 g/mol. The van der Waals surface area contributed by atoms with Crippen LogP contribution in [0.4, 0.5) is 10.5 Å². The molecular weight excluding hydrogens is 320 g/mol. The van der Waals surface area contributed by atoms with Crippen molar-refractivity contribution in [1.29, 1.82) is 0 Å². The number of amides is 2. The highest BCUT2D eigenvalue weighted by atomic mass is 16.5. The van der Waals surface area contributed by atoms with E-state index in [0.29, 0.717) is 16.7 Å². The van der Waals surface area contributed by atoms with E-state index in [4.69, 9.17) is 4.74 Å². The molecule has 0 saturated carbocycles. The summed E-state index contributed by atoms with van der Waals surface area (Å²) in [6, 6.07) is 8.06. The topological polar surface area (TPSA) is 96.1 Å². The molecule has 3 rings (SSSR count). The molecule has 3 N–H and O–H groups in total. The van der Waals surface area contributed by atoms with Crippen LogP contribution in [-0.2, 0) is 0 Å². The monoisotopic (exact) mass is 338 g/mol. The first-order chi connectivity index (χ1) is 12.1. The number of rotatable bonds is 4. The van der Waals surface area contributed by atoms with Crippen LogP contribution < -0.4 is 20.8 Å². The molecule has 0 radical (unpaired) electrons. The first kappa shape index (κ1) is 16.5. The van der Waals surface area contributed by atoms with Crippen molar-refractivity contribution in [2.75, 3.05) is 12.4 Å². The number of H-pyrrole nitrogens is 1. The van der Waals surface area contributed by atoms with E-state index in [1.165, 1.54) is 6.20 Å². The summed E-state index contributed by atoms with van der Waals surface area (Å²) in [4.78, 5) is 31.6. The highest BCUT2D eigenvalue weighted by Gasteiger charge is 2.12. The summed E-state index contributed by atoms with van der Waals surface area (Å²) in [5.41, 5.74) is 1.48. The molecule has 7 nitrogen and oxygen atoms in total. The fraction of sp³-hybridized carbons (Fsp3) is 0.167. The maximum atomic E-state index is 12.5. The molecule has 3 aromatic rings. The van der Waals surface area contributed by atoms with Crippen LogP contribution in [0.25, 0.3) is 10.9 Å². The van der Waals surface area contributed by atoms with E-state index >= 15 is 0 Å². The van der Waals surface area contributed by atoms with Crippen molar-refractivity contribution in [3.05, 3.63) is 64.7 Å². The highest BCUT2D eigenvalue weighted by molar-refractivity contribution is 5.92. The Morgan fingerprint density at radius 3 is 2.72 bits per heavy atom. The Morgan fingerprint density at radius 2 is 2.00 bits per heavy atom. The normalized spacial score (nSPS) is 11.8. The van der Waals surface area contributed by atoms with E-state index in [1.807, 2.05) is 19.1 Å². The number of aromatic amines is 1. The van der Waals surface area contributed by atoms with Crippen molar-refractivity contribution in [1.82, 2.24) is 15.3 Å². The minimum absolute atomic E-state index is 0.178. The fourth-order valence-corrected chi connectivity index (χ4v) is 2.51. The number of methoxy groups -OCH3 is 1. The van der Waals surface area contributed by atoms with Gasteiger partial charge in [-0.05, 0) is 36.8 Å². The summed E-state index contributed by atoms with van der Waals surface area (Å²) in [6.07, 6.45) is 4.79. The molecule has 0 aliphatic rings. The number of hydrogen-bond acceptors (Lipinski definition) is 4. The Balaban J connectivity index is 1.77. The van der Waals surface area contributed by atoms with Crippen molar-refractivity contribution >= 4 is 22.6 Å². The molecule has 7 heteroatoms. The maximum absolute atomic E-state index is 12.5. The van der Waals surface area contributed by atoms with Gasteiger partial charge < -0.3 is 20.4 Å². The summed E-state index contributed by atoms with van der Waals surface area (Å²) in [6.45, 7) is 1.85. The summed E-state index contributed by atoms with van der Waals surface area (Å²) in [7, 11) is 1.56. The molecule has 2 amide bonds. The van der Waals surface area contributed by atoms with E-state index in [2.05, 4.69) is 20.6 Å². The number of benzene rings is 1. The van der Waals surface area contributed by atoms with Gasteiger partial charge in [-0.25, -0.2) is 4.79 Å². The molecule has 1 atom stereocenters. The predicted octanol–water partition coefficient (Wildman–Crippen LogP) is 2.81. The Kier molecular flexibility index (Phi) is 4.65. The van der Waals surface area contributed by atoms with Gasteiger partial charge in [0.1, 0.15) is 11.4 Å². The summed E-state index contributed by atoms with van der Waals surface area (Å²) in [5, 5.41) is 5.85. The molecule has 0 aliphatic heterocycles. The number of aromatic nitrogens is 2. The number of carbonyl (C=O) groups is 1. The number of urea groups is 1. The van der Waals surface area contributed by atoms with Gasteiger partial charge in [-0.15, -0.1) is 0 Å². The molecule has 0 fully saturated rings. The molecule has 1 aromatic carbocycles. The van der Waals surface area contributed by atoms with Crippen LogP contribution in [0.5, 0.6) is 5.75 Å². The van der Waals surface area contributed by atoms with E-state index in [9.17, 15) is 9.59 Å². The van der Waals surface area contributed by atoms with Crippen LogP contribution in [0, 0.1) is 0 Å². The van der Waals surface area contributed by atoms with E-state index in [0.717, 1.165) is 5.56 Å². The van der Waals surface area contributed by atoms with Crippen LogP contribution in [0.3, 0.4) is 0 Å². The molecule has 0 unspecified atom stereocenters. The molecule has 2 aromatic heterocycles. The summed E-state index contributed by atoms with van der Waals surface area (Å²) in [5.74, 6) is 0.646. The largest absolute Gasteiger partial charge is 0.497 e. The van der Waals surface area contributed by atoms with Crippen molar-refractivity contribution in [3.63, 3.8) is 0 Å². The lowest BCUT2D eigenvalue weighted by molar-refractivity contribution is 0.249. The van der Waals surface area contributed by atoms with Gasteiger partial charge >= 0.3 is 6.03 Å². The number of hydrogen-bond donors (Lipinski definition) is 3. The quantitative estimate of drug-likeness (QED) is 0.681. The lowest BCUT2D eigenvalue weighted by Crippen LogP contribution is -2.32. The standard InChI is InChI=1S/C18H18N4O3/c1-11(12-5-7-19-8-6-12)21-18(24)22-16-10-20-15-9-13(25-2)3-4-14(15)17(16)23/h3-11H,1-2H3,(H,20,23)(H2,21,22,24)/t11-/m1/s1. The smallest absolute Gasteiger partial charge is 0.319 e. The van der Waals surface area contributed by atoms with Crippen LogP contribution in [0.2, 0.25) is 0 Å². The highest BCUT2D eigenvalue weighted by Crippen LogP contribution is 2.18. The van der Waals surface area contributed by atoms with Crippen LogP contribution in [0.1, 0.15) is 18.5 Å². The molecule has 0 spiro atoms. The molecular formula is C18H18N4O3. The fourth-order valence-electron chi connectivity index (χ4n) is 2.51. The second-order valence-corrected chi connectivity index (χ2v) is 5.54. The van der Waals surface area contributed by atoms with Crippen LogP contribution >= 0.6 is 0 Å². The van der Waals surface area contributed by atoms with Gasteiger partial charge in [-0.3, -0.25) is 9.78 Å². The summed E-state index contributed by atoms with van der Waals surface area (Å²) < 4.78 is 5.14. The zero-order chi connectivity index (χ0) is 17.8. The van der Waals surface area contributed by atoms with E-state index in [1.54, 1.807) is 37.7 Å². The first-order valence-corrected chi connectivity index (χ1v) is 7.75. The van der Waals surface area contributed by atoms with Crippen molar-refractivity contribution in [3.8, 4) is 5.75 Å². The third kappa shape index (κ3) is 3.60. The van der Waals surface area contributed by atoms with Crippen LogP contribution in [0.15, 0.2) is 53.7 Å². The van der Waals surface area contributed by atoms with Gasteiger partial charge in [-0.2, -0.15) is 0 Å². The SMILES string of the molecule is COc1ccc2c(=O)c(NC(=O)N[C@H](C)c3ccncc3)c[nH]c2c1. The van der Waals surface area contributed by atoms with E-state index in [-0.39, 0.29) is 17.2 Å². The zero-order valence-corrected chi connectivity index (χ0v) is 13.9. The van der Waals surface area contributed by atoms with Gasteiger partial charge in [0.2, 0.25) is 5.43 Å². The van der Waals surface area contributed by atoms with Gasteiger partial charge in [0, 0.05) is 30.0 Å². The number of fused-ring (bicyclic) bond motifs is 1. The minimum atomic E-state index is -0.456. The van der Waals surface area contributed by atoms with Crippen molar-refractivity contribution in [2.45, 2.75) is 13.0 Å². The maximum Gasteiger partial charge on any atom is 0.319 e. The number of carbonyl (C=O) groups excluding carboxylic acids is 1. The number of nitrogens with one attached hydrogen (secondary N) is 3. The molecule has 25 heavy (non-hydrogen) atoms. The van der Waals surface area contributed by atoms with Crippen LogP contribution in [-0.4, -0.2) is 23.1 Å². The Hall–Kier alpha value is -3.35. The third-order valence-corrected chi connectivity index (χ3v) is 3.89. The molecule has 0 aliphatic carbocycles. The first-order valence-electron chi connectivity index (χ1n) is 7.75. The van der Waals surface area contributed by atoms with Crippen molar-refractivity contribution in [2.24, 2.45) is 0 Å². The Bertz CT molecular complexity index is 953. The summed E-state index contributed by atoms with van der Waals surface area (Å²) >= 11 is 0. The number of anilines is 1. The number of pyridine rings is 2. The molecule has 2 heterocycles. The van der Waals surface area contributed by atoms with Crippen molar-refractivity contribution < 1.29 is 9.53 Å². The number of nitrogens with zero attached hydrogens (tertiary/aromatic N) is 1. The Morgan fingerprint density at radius 1 is 1.24 bits per heavy atom. The Labute approximate surface area is 144 Å². The van der Waals surface area contributed by atoms with Gasteiger partial charge in [-0.1, -0.05) is 0 Å². The molecule has 128 valence electrons.